The minimum absolute atomic E-state index is 0.183. The first-order chi connectivity index (χ1) is 16.7. The maximum Gasteiger partial charge on any atom is 0.410 e. The highest BCUT2D eigenvalue weighted by Crippen LogP contribution is 2.36. The van der Waals surface area contributed by atoms with Crippen molar-refractivity contribution < 1.29 is 18.7 Å². The van der Waals surface area contributed by atoms with Crippen molar-refractivity contribution >= 4 is 28.7 Å². The fourth-order valence-corrected chi connectivity index (χ4v) is 4.38. The molecule has 2 heterocycles. The molecule has 0 N–H and O–H groups in total. The second-order valence-corrected chi connectivity index (χ2v) is 10.6. The highest BCUT2D eigenvalue weighted by molar-refractivity contribution is 6.30. The van der Waals surface area contributed by atoms with Crippen LogP contribution in [-0.4, -0.2) is 63.3 Å². The van der Waals surface area contributed by atoms with Gasteiger partial charge in [0.1, 0.15) is 23.0 Å². The maximum atomic E-state index is 14.3. The summed E-state index contributed by atoms with van der Waals surface area (Å²) in [6.07, 6.45) is 1.92. The van der Waals surface area contributed by atoms with Crippen LogP contribution in [-0.2, 0) is 11.3 Å². The van der Waals surface area contributed by atoms with Crippen LogP contribution >= 0.6 is 11.6 Å². The van der Waals surface area contributed by atoms with E-state index in [4.69, 9.17) is 26.1 Å². The van der Waals surface area contributed by atoms with Gasteiger partial charge in [0.25, 0.3) is 0 Å². The molecule has 186 valence electrons. The van der Waals surface area contributed by atoms with Gasteiger partial charge in [-0.1, -0.05) is 11.6 Å². The zero-order valence-corrected chi connectivity index (χ0v) is 21.0. The molecule has 2 fully saturated rings. The zero-order valence-electron chi connectivity index (χ0n) is 20.3. The van der Waals surface area contributed by atoms with Crippen molar-refractivity contribution in [2.75, 3.05) is 26.2 Å². The molecule has 0 radical (unpaired) electrons. The Balaban J connectivity index is 1.42. The monoisotopic (exact) mass is 500 g/mol. The first-order valence-corrected chi connectivity index (χ1v) is 12.4. The van der Waals surface area contributed by atoms with Gasteiger partial charge in [-0.25, -0.2) is 14.2 Å². The topological polar surface area (TPSA) is 59.8 Å². The van der Waals surface area contributed by atoms with Gasteiger partial charge in [0.15, 0.2) is 0 Å². The number of benzene rings is 2. The molecular weight excluding hydrogens is 471 g/mol. The molecule has 1 aliphatic heterocycles. The van der Waals surface area contributed by atoms with Gasteiger partial charge in [0, 0.05) is 43.3 Å². The van der Waals surface area contributed by atoms with Crippen molar-refractivity contribution in [1.29, 1.82) is 0 Å². The molecule has 0 bridgehead atoms. The molecule has 0 atom stereocenters. The average molecular weight is 501 g/mol. The van der Waals surface area contributed by atoms with Crippen LogP contribution in [0, 0.1) is 5.82 Å². The molecule has 2 aromatic carbocycles. The van der Waals surface area contributed by atoms with E-state index in [9.17, 15) is 9.18 Å². The number of halogens is 2. The summed E-state index contributed by atoms with van der Waals surface area (Å²) < 4.78 is 27.9. The summed E-state index contributed by atoms with van der Waals surface area (Å²) in [5.41, 5.74) is 1.65. The van der Waals surface area contributed by atoms with Crippen molar-refractivity contribution in [2.24, 2.45) is 0 Å². The molecular formula is C26H30ClFN4O3. The standard InChI is InChI=1S/C26H30ClFN4O3/c1-26(2,3)35-25(33)31-12-10-30(11-13-31)16-24-29-20-8-5-18(28)15-22(20)32(24)21-9-4-17(27)14-23(21)34-19-6-7-19/h4-5,8-9,14-15,19H,6-7,10-13,16H2,1-3H3. The molecule has 1 aromatic heterocycles. The third-order valence-electron chi connectivity index (χ3n) is 6.06. The lowest BCUT2D eigenvalue weighted by Crippen LogP contribution is -2.49. The first kappa shape index (κ1) is 23.9. The summed E-state index contributed by atoms with van der Waals surface area (Å²) in [4.78, 5) is 21.3. The number of piperazine rings is 1. The van der Waals surface area contributed by atoms with E-state index in [1.165, 1.54) is 12.1 Å². The van der Waals surface area contributed by atoms with E-state index in [0.29, 0.717) is 54.5 Å². The molecule has 1 saturated carbocycles. The van der Waals surface area contributed by atoms with Gasteiger partial charge >= 0.3 is 6.09 Å². The Morgan fingerprint density at radius 2 is 1.86 bits per heavy atom. The number of ether oxygens (including phenoxy) is 2. The highest BCUT2D eigenvalue weighted by Gasteiger charge is 2.28. The molecule has 5 rings (SSSR count). The number of rotatable bonds is 5. The van der Waals surface area contributed by atoms with Gasteiger partial charge in [-0.2, -0.15) is 0 Å². The summed E-state index contributed by atoms with van der Waals surface area (Å²) in [6.45, 7) is 8.66. The zero-order chi connectivity index (χ0) is 24.7. The van der Waals surface area contributed by atoms with E-state index in [0.717, 1.165) is 24.4 Å². The molecule has 9 heteroatoms. The van der Waals surface area contributed by atoms with Gasteiger partial charge < -0.3 is 14.4 Å². The van der Waals surface area contributed by atoms with Gasteiger partial charge in [-0.15, -0.1) is 0 Å². The number of nitrogens with zero attached hydrogens (tertiary/aromatic N) is 4. The van der Waals surface area contributed by atoms with Gasteiger partial charge in [-0.05, 0) is 57.9 Å². The molecule has 0 spiro atoms. The Hall–Kier alpha value is -2.84. The Morgan fingerprint density at radius 3 is 2.54 bits per heavy atom. The second kappa shape index (κ2) is 9.32. The number of carbonyl (C=O) groups excluding carboxylic acids is 1. The van der Waals surface area contributed by atoms with Crippen LogP contribution in [0.5, 0.6) is 5.75 Å². The summed E-state index contributed by atoms with van der Waals surface area (Å²) in [7, 11) is 0. The summed E-state index contributed by atoms with van der Waals surface area (Å²) >= 11 is 6.28. The number of amides is 1. The molecule has 7 nitrogen and oxygen atoms in total. The molecule has 1 saturated heterocycles. The lowest BCUT2D eigenvalue weighted by Gasteiger charge is -2.35. The van der Waals surface area contributed by atoms with E-state index in [1.807, 2.05) is 43.5 Å². The number of fused-ring (bicyclic) bond motifs is 1. The minimum Gasteiger partial charge on any atom is -0.488 e. The Labute approximate surface area is 209 Å². The molecule has 3 aromatic rings. The molecule has 0 unspecified atom stereocenters. The van der Waals surface area contributed by atoms with Crippen LogP contribution in [0.4, 0.5) is 9.18 Å². The highest BCUT2D eigenvalue weighted by atomic mass is 35.5. The first-order valence-electron chi connectivity index (χ1n) is 12.0. The van der Waals surface area contributed by atoms with Crippen LogP contribution in [0.15, 0.2) is 36.4 Å². The largest absolute Gasteiger partial charge is 0.488 e. The fraction of sp³-hybridized carbons (Fsp3) is 0.462. The van der Waals surface area contributed by atoms with E-state index < -0.39 is 5.60 Å². The van der Waals surface area contributed by atoms with Crippen molar-refractivity contribution in [3.8, 4) is 11.4 Å². The van der Waals surface area contributed by atoms with Gasteiger partial charge in [0.05, 0.1) is 29.4 Å². The SMILES string of the molecule is CC(C)(C)OC(=O)N1CCN(Cc2nc3ccc(F)cc3n2-c2ccc(Cl)cc2OC2CC2)CC1. The predicted octanol–water partition coefficient (Wildman–Crippen LogP) is 5.41. The number of hydrogen-bond acceptors (Lipinski definition) is 5. The number of hydrogen-bond donors (Lipinski definition) is 0. The van der Waals surface area contributed by atoms with Crippen molar-refractivity contribution in [2.45, 2.75) is 51.9 Å². The maximum absolute atomic E-state index is 14.3. The van der Waals surface area contributed by atoms with Gasteiger partial charge in [0.2, 0.25) is 0 Å². The molecule has 1 amide bonds. The third kappa shape index (κ3) is 5.54. The minimum atomic E-state index is -0.521. The summed E-state index contributed by atoms with van der Waals surface area (Å²) in [5.74, 6) is 1.12. The molecule has 35 heavy (non-hydrogen) atoms. The van der Waals surface area contributed by atoms with Crippen LogP contribution < -0.4 is 4.74 Å². The summed E-state index contributed by atoms with van der Waals surface area (Å²) in [5, 5.41) is 0.583. The van der Waals surface area contributed by atoms with Gasteiger partial charge in [-0.3, -0.25) is 9.47 Å². The lowest BCUT2D eigenvalue weighted by atomic mass is 10.2. The number of aromatic nitrogens is 2. The molecule has 1 aliphatic carbocycles. The molecule has 2 aliphatic rings. The van der Waals surface area contributed by atoms with Crippen LogP contribution in [0.3, 0.4) is 0 Å². The van der Waals surface area contributed by atoms with E-state index >= 15 is 0 Å². The lowest BCUT2D eigenvalue weighted by molar-refractivity contribution is 0.0137. The Kier molecular flexibility index (Phi) is 6.36. The Morgan fingerprint density at radius 1 is 1.11 bits per heavy atom. The van der Waals surface area contributed by atoms with Crippen LogP contribution in [0.1, 0.15) is 39.4 Å². The van der Waals surface area contributed by atoms with Crippen molar-refractivity contribution in [3.05, 3.63) is 53.1 Å². The van der Waals surface area contributed by atoms with Crippen molar-refractivity contribution in [1.82, 2.24) is 19.4 Å². The smallest absolute Gasteiger partial charge is 0.410 e. The van der Waals surface area contributed by atoms with Crippen LogP contribution in [0.25, 0.3) is 16.7 Å². The predicted molar refractivity (Wildman–Crippen MR) is 133 cm³/mol. The van der Waals surface area contributed by atoms with E-state index in [-0.39, 0.29) is 18.0 Å². The average Bonchev–Trinajstić information content (AvgIpc) is 3.53. The van der Waals surface area contributed by atoms with E-state index in [1.54, 1.807) is 11.0 Å². The van der Waals surface area contributed by atoms with E-state index in [2.05, 4.69) is 4.90 Å². The second-order valence-electron chi connectivity index (χ2n) is 10.2. The Bertz CT molecular complexity index is 1240. The fourth-order valence-electron chi connectivity index (χ4n) is 4.22. The summed E-state index contributed by atoms with van der Waals surface area (Å²) in [6, 6.07) is 10.1. The quantitative estimate of drug-likeness (QED) is 0.468. The number of imidazole rings is 1. The number of carbonyl (C=O) groups is 1. The third-order valence-corrected chi connectivity index (χ3v) is 6.29. The van der Waals surface area contributed by atoms with Crippen LogP contribution in [0.2, 0.25) is 5.02 Å². The normalized spacial score (nSPS) is 17.1. The van der Waals surface area contributed by atoms with Crippen molar-refractivity contribution in [3.63, 3.8) is 0 Å².